The van der Waals surface area contributed by atoms with Crippen molar-refractivity contribution >= 4 is 32.3 Å². The molecule has 57 heavy (non-hydrogen) atoms. The average molecular weight is 729 g/mol. The number of hydrogen-bond acceptors (Lipinski definition) is 0. The van der Waals surface area contributed by atoms with Crippen molar-refractivity contribution in [3.8, 4) is 55.6 Å². The molecule has 0 aromatic heterocycles. The zero-order valence-electron chi connectivity index (χ0n) is 33.5. The number of fused-ring (bicyclic) bond motifs is 14. The van der Waals surface area contributed by atoms with Crippen molar-refractivity contribution in [1.29, 1.82) is 0 Å². The van der Waals surface area contributed by atoms with Crippen molar-refractivity contribution in [2.24, 2.45) is 0 Å². The first-order chi connectivity index (χ1) is 27.5. The fourth-order valence-electron chi connectivity index (χ4n) is 11.2. The highest BCUT2D eigenvalue weighted by atomic mass is 14.4. The lowest BCUT2D eigenvalue weighted by molar-refractivity contribution is 0.659. The summed E-state index contributed by atoms with van der Waals surface area (Å²) >= 11 is 0. The van der Waals surface area contributed by atoms with Gasteiger partial charge in [-0.05, 0) is 158 Å². The Morgan fingerprint density at radius 1 is 0.246 bits per heavy atom. The highest BCUT2D eigenvalue weighted by Crippen LogP contribution is 2.54. The van der Waals surface area contributed by atoms with Crippen LogP contribution in [0.15, 0.2) is 158 Å². The van der Waals surface area contributed by atoms with E-state index in [1.165, 1.54) is 121 Å². The Kier molecular flexibility index (Phi) is 6.35. The Hall–Kier alpha value is -6.24. The van der Waals surface area contributed by atoms with Crippen molar-refractivity contribution in [3.63, 3.8) is 0 Å². The van der Waals surface area contributed by atoms with Crippen molar-refractivity contribution in [3.05, 3.63) is 191 Å². The molecule has 0 saturated carbocycles. The normalized spacial score (nSPS) is 16.0. The van der Waals surface area contributed by atoms with Gasteiger partial charge in [-0.25, -0.2) is 0 Å². The second-order valence-electron chi connectivity index (χ2n) is 18.5. The lowest BCUT2D eigenvalue weighted by atomic mass is 9.80. The van der Waals surface area contributed by atoms with Crippen molar-refractivity contribution in [2.75, 3.05) is 0 Å². The van der Waals surface area contributed by atoms with Gasteiger partial charge in [0.1, 0.15) is 0 Å². The van der Waals surface area contributed by atoms with Gasteiger partial charge in [0.05, 0.1) is 0 Å². The summed E-state index contributed by atoms with van der Waals surface area (Å²) in [6, 6.07) is 60.6. The summed E-state index contributed by atoms with van der Waals surface area (Å²) in [5, 5.41) is 7.86. The predicted molar refractivity (Wildman–Crippen MR) is 243 cm³/mol. The smallest absolute Gasteiger partial charge is 0.0159 e. The lowest BCUT2D eigenvalue weighted by Gasteiger charge is -2.23. The molecule has 0 heteroatoms. The van der Waals surface area contributed by atoms with Crippen LogP contribution in [0.25, 0.3) is 88.0 Å². The maximum Gasteiger partial charge on any atom is 0.0159 e. The molecule has 0 atom stereocenters. The van der Waals surface area contributed by atoms with Gasteiger partial charge in [-0.15, -0.1) is 0 Å². The SMILES string of the molecule is CC1(C)c2ccccc2-c2ccc(-c3ccc4c(c3)C(C)(C)c3cc(-c5ccc6ccc7c8cc9c(cc8ccc7c6c5)C(C)(C)c5ccccc5-9)ccc3-4)cc21. The van der Waals surface area contributed by atoms with E-state index in [9.17, 15) is 0 Å². The van der Waals surface area contributed by atoms with Gasteiger partial charge in [-0.2, -0.15) is 0 Å². The summed E-state index contributed by atoms with van der Waals surface area (Å²) in [5.41, 5.74) is 21.7. The van der Waals surface area contributed by atoms with Crippen LogP contribution in [0.5, 0.6) is 0 Å². The van der Waals surface area contributed by atoms with Crippen molar-refractivity contribution in [1.82, 2.24) is 0 Å². The third kappa shape index (κ3) is 4.34. The molecule has 3 aliphatic rings. The monoisotopic (exact) mass is 728 g/mol. The van der Waals surface area contributed by atoms with Crippen LogP contribution in [0.1, 0.15) is 74.9 Å². The fraction of sp³-hybridized carbons (Fsp3) is 0.158. The Labute approximate surface area is 335 Å². The molecule has 0 radical (unpaired) electrons. The predicted octanol–water partition coefficient (Wildman–Crippen LogP) is 15.4. The molecule has 0 fully saturated rings. The third-order valence-corrected chi connectivity index (χ3v) is 14.5. The fourth-order valence-corrected chi connectivity index (χ4v) is 11.2. The molecule has 0 aliphatic heterocycles. The van der Waals surface area contributed by atoms with Gasteiger partial charge in [0, 0.05) is 16.2 Å². The third-order valence-electron chi connectivity index (χ3n) is 14.5. The second kappa shape index (κ2) is 11.0. The molecule has 0 unspecified atom stereocenters. The average Bonchev–Trinajstić information content (AvgIpc) is 3.71. The zero-order chi connectivity index (χ0) is 38.6. The molecule has 0 amide bonds. The van der Waals surface area contributed by atoms with E-state index in [2.05, 4.69) is 199 Å². The van der Waals surface area contributed by atoms with E-state index in [0.29, 0.717) is 0 Å². The van der Waals surface area contributed by atoms with Crippen LogP contribution in [0.4, 0.5) is 0 Å². The van der Waals surface area contributed by atoms with E-state index in [-0.39, 0.29) is 16.2 Å². The highest BCUT2D eigenvalue weighted by molar-refractivity contribution is 6.18. The highest BCUT2D eigenvalue weighted by Gasteiger charge is 2.38. The van der Waals surface area contributed by atoms with Crippen LogP contribution in [0.2, 0.25) is 0 Å². The molecule has 0 bridgehead atoms. The van der Waals surface area contributed by atoms with Gasteiger partial charge in [-0.3, -0.25) is 0 Å². The van der Waals surface area contributed by atoms with E-state index >= 15 is 0 Å². The Balaban J connectivity index is 0.931. The van der Waals surface area contributed by atoms with Crippen LogP contribution in [0, 0.1) is 0 Å². The summed E-state index contributed by atoms with van der Waals surface area (Å²) in [5.74, 6) is 0. The van der Waals surface area contributed by atoms with E-state index in [1.807, 2.05) is 0 Å². The van der Waals surface area contributed by atoms with E-state index in [1.54, 1.807) is 0 Å². The molecule has 0 N–H and O–H groups in total. The minimum atomic E-state index is -0.126. The van der Waals surface area contributed by atoms with Crippen LogP contribution >= 0.6 is 0 Å². The summed E-state index contributed by atoms with van der Waals surface area (Å²) < 4.78 is 0. The number of hydrogen-bond donors (Lipinski definition) is 0. The molecule has 9 aromatic rings. The van der Waals surface area contributed by atoms with Crippen molar-refractivity contribution in [2.45, 2.75) is 57.8 Å². The first-order valence-corrected chi connectivity index (χ1v) is 20.6. The van der Waals surface area contributed by atoms with Crippen molar-refractivity contribution < 1.29 is 0 Å². The molecule has 0 heterocycles. The zero-order valence-corrected chi connectivity index (χ0v) is 33.5. The van der Waals surface area contributed by atoms with Crippen LogP contribution in [-0.2, 0) is 16.2 Å². The first kappa shape index (κ1) is 33.0. The van der Waals surface area contributed by atoms with Crippen LogP contribution in [-0.4, -0.2) is 0 Å². The van der Waals surface area contributed by atoms with Gasteiger partial charge in [-0.1, -0.05) is 163 Å². The number of benzene rings is 9. The topological polar surface area (TPSA) is 0 Å². The lowest BCUT2D eigenvalue weighted by Crippen LogP contribution is -2.15. The molecular weight excluding hydrogens is 685 g/mol. The molecular formula is C57H44. The molecule has 0 spiro atoms. The molecule has 0 saturated heterocycles. The van der Waals surface area contributed by atoms with E-state index in [0.717, 1.165) is 0 Å². The Bertz CT molecular complexity index is 3260. The Morgan fingerprint density at radius 2 is 0.614 bits per heavy atom. The second-order valence-corrected chi connectivity index (χ2v) is 18.5. The van der Waals surface area contributed by atoms with Gasteiger partial charge < -0.3 is 0 Å². The molecule has 272 valence electrons. The van der Waals surface area contributed by atoms with Gasteiger partial charge in [0.15, 0.2) is 0 Å². The summed E-state index contributed by atoms with van der Waals surface area (Å²) in [7, 11) is 0. The maximum atomic E-state index is 2.47. The standard InChI is InChI=1S/C57H44/c1-55(2)49-13-9-7-11-41(49)43-24-19-36(29-51(43)55)37-20-26-45-44-25-18-35(28-52(44)57(5,6)53(45)30-37)34-16-15-33-17-22-40-39(46(33)27-34)23-21-38-31-54-48(32-47(38)40)42-12-8-10-14-50(42)56(54,3)4/h7-32H,1-6H3. The van der Waals surface area contributed by atoms with Gasteiger partial charge in [0.25, 0.3) is 0 Å². The molecule has 3 aliphatic carbocycles. The number of rotatable bonds is 2. The van der Waals surface area contributed by atoms with E-state index in [4.69, 9.17) is 0 Å². The minimum Gasteiger partial charge on any atom is -0.0619 e. The summed E-state index contributed by atoms with van der Waals surface area (Å²) in [6.45, 7) is 14.3. The summed E-state index contributed by atoms with van der Waals surface area (Å²) in [4.78, 5) is 0. The molecule has 0 nitrogen and oxygen atoms in total. The van der Waals surface area contributed by atoms with E-state index < -0.39 is 0 Å². The van der Waals surface area contributed by atoms with Crippen LogP contribution in [0.3, 0.4) is 0 Å². The maximum absolute atomic E-state index is 2.47. The van der Waals surface area contributed by atoms with Gasteiger partial charge in [0.2, 0.25) is 0 Å². The summed E-state index contributed by atoms with van der Waals surface area (Å²) in [6.07, 6.45) is 0. The molecule has 9 aromatic carbocycles. The first-order valence-electron chi connectivity index (χ1n) is 20.6. The quantitative estimate of drug-likeness (QED) is 0.156. The van der Waals surface area contributed by atoms with Gasteiger partial charge >= 0.3 is 0 Å². The Morgan fingerprint density at radius 3 is 1.16 bits per heavy atom. The molecule has 12 rings (SSSR count). The van der Waals surface area contributed by atoms with Crippen LogP contribution < -0.4 is 0 Å². The minimum absolute atomic E-state index is 0.00536. The largest absolute Gasteiger partial charge is 0.0619 e.